The van der Waals surface area contributed by atoms with Crippen molar-refractivity contribution in [2.75, 3.05) is 13.1 Å². The Balaban J connectivity index is 2.99. The van der Waals surface area contributed by atoms with Gasteiger partial charge >= 0.3 is 8.80 Å². The second kappa shape index (κ2) is 11.2. The number of hydrogen-bond donors (Lipinski definition) is 4. The predicted molar refractivity (Wildman–Crippen MR) is 72.7 cm³/mol. The second-order valence-electron chi connectivity index (χ2n) is 4.71. The molecule has 4 N–H and O–H groups in total. The van der Waals surface area contributed by atoms with Crippen LogP contribution in [0.5, 0.6) is 0 Å². The van der Waals surface area contributed by atoms with Gasteiger partial charge < -0.3 is 19.7 Å². The van der Waals surface area contributed by atoms with Gasteiger partial charge in [-0.25, -0.2) is 0 Å². The number of hydrogen-bond acceptors (Lipinski definition) is 4. The maximum Gasteiger partial charge on any atom is 0.492 e. The first-order chi connectivity index (χ1) is 8.06. The van der Waals surface area contributed by atoms with Crippen molar-refractivity contribution in [3.8, 4) is 0 Å². The Morgan fingerprint density at radius 1 is 0.765 bits per heavy atom. The Bertz CT molecular complexity index is 162. The summed E-state index contributed by atoms with van der Waals surface area (Å²) < 4.78 is 0. The van der Waals surface area contributed by atoms with Gasteiger partial charge in [0, 0.05) is 6.04 Å². The summed E-state index contributed by atoms with van der Waals surface area (Å²) in [6, 6.07) is 0.190. The van der Waals surface area contributed by atoms with Crippen molar-refractivity contribution in [3.63, 3.8) is 0 Å². The van der Waals surface area contributed by atoms with Crippen molar-refractivity contribution in [1.29, 1.82) is 0 Å². The quantitative estimate of drug-likeness (QED) is 0.319. The van der Waals surface area contributed by atoms with Gasteiger partial charge in [-0.2, -0.15) is 0 Å². The fourth-order valence-electron chi connectivity index (χ4n) is 1.85. The summed E-state index contributed by atoms with van der Waals surface area (Å²) in [4.78, 5) is 26.4. The molecule has 0 atom stereocenters. The smallest absolute Gasteiger partial charge is 0.390 e. The number of unbranched alkanes of at least 4 members (excludes halogenated alkanes) is 7. The highest BCUT2D eigenvalue weighted by Crippen LogP contribution is 2.11. The lowest BCUT2D eigenvalue weighted by Gasteiger charge is -2.08. The molecule has 0 spiro atoms. The van der Waals surface area contributed by atoms with Crippen LogP contribution >= 0.6 is 0 Å². The van der Waals surface area contributed by atoms with E-state index in [1.807, 2.05) is 0 Å². The van der Waals surface area contributed by atoms with Gasteiger partial charge in [0.25, 0.3) is 0 Å². The van der Waals surface area contributed by atoms with Crippen LogP contribution in [-0.2, 0) is 0 Å². The molecule has 5 heteroatoms. The molecular formula is C12H29NO3Si. The molecule has 0 heterocycles. The van der Waals surface area contributed by atoms with Gasteiger partial charge in [0.15, 0.2) is 0 Å². The molecule has 17 heavy (non-hydrogen) atoms. The predicted octanol–water partition coefficient (Wildman–Crippen LogP) is 1.63. The first kappa shape index (κ1) is 17.1. The molecule has 0 aliphatic carbocycles. The van der Waals surface area contributed by atoms with E-state index in [4.69, 9.17) is 14.4 Å². The van der Waals surface area contributed by atoms with Gasteiger partial charge in [0.05, 0.1) is 0 Å². The first-order valence-corrected chi connectivity index (χ1v) is 8.99. The molecule has 0 fully saturated rings. The van der Waals surface area contributed by atoms with Gasteiger partial charge in [0.2, 0.25) is 0 Å². The van der Waals surface area contributed by atoms with Crippen LogP contribution in [0, 0.1) is 0 Å². The molecule has 0 aliphatic heterocycles. The minimum atomic E-state index is -3.76. The highest BCUT2D eigenvalue weighted by Gasteiger charge is 2.25. The standard InChI is InChI=1S/C12H29NO3Si/c1-2-13-11-9-7-5-3-4-6-8-10-12-17(14,15)16/h13-16H,2-12H2,1H3. The van der Waals surface area contributed by atoms with E-state index in [0.29, 0.717) is 0 Å². The Morgan fingerprint density at radius 2 is 1.24 bits per heavy atom. The van der Waals surface area contributed by atoms with Gasteiger partial charge in [-0.05, 0) is 25.9 Å². The van der Waals surface area contributed by atoms with Crippen LogP contribution in [0.15, 0.2) is 0 Å². The van der Waals surface area contributed by atoms with Crippen LogP contribution in [0.25, 0.3) is 0 Å². The lowest BCUT2D eigenvalue weighted by atomic mass is 10.1. The van der Waals surface area contributed by atoms with Gasteiger partial charge in [-0.15, -0.1) is 0 Å². The molecule has 0 rings (SSSR count). The molecule has 0 saturated heterocycles. The van der Waals surface area contributed by atoms with Gasteiger partial charge in [0.1, 0.15) is 0 Å². The average molecular weight is 263 g/mol. The van der Waals surface area contributed by atoms with Gasteiger partial charge in [-0.3, -0.25) is 0 Å². The molecule has 0 aromatic carbocycles. The van der Waals surface area contributed by atoms with Crippen LogP contribution in [0.1, 0.15) is 58.3 Å². The second-order valence-corrected chi connectivity index (χ2v) is 6.76. The van der Waals surface area contributed by atoms with E-state index in [1.165, 1.54) is 32.1 Å². The van der Waals surface area contributed by atoms with Crippen molar-refractivity contribution in [2.24, 2.45) is 0 Å². The van der Waals surface area contributed by atoms with Crippen LogP contribution in [0.4, 0.5) is 0 Å². The van der Waals surface area contributed by atoms with E-state index in [9.17, 15) is 0 Å². The first-order valence-electron chi connectivity index (χ1n) is 6.94. The monoisotopic (exact) mass is 263 g/mol. The van der Waals surface area contributed by atoms with E-state index in [-0.39, 0.29) is 6.04 Å². The molecule has 104 valence electrons. The fraction of sp³-hybridized carbons (Fsp3) is 1.00. The molecular weight excluding hydrogens is 234 g/mol. The molecule has 0 radical (unpaired) electrons. The van der Waals surface area contributed by atoms with Crippen molar-refractivity contribution in [1.82, 2.24) is 5.32 Å². The summed E-state index contributed by atoms with van der Waals surface area (Å²) >= 11 is 0. The fourth-order valence-corrected chi connectivity index (χ4v) is 2.57. The zero-order valence-corrected chi connectivity index (χ0v) is 12.1. The lowest BCUT2D eigenvalue weighted by Crippen LogP contribution is -2.33. The summed E-state index contributed by atoms with van der Waals surface area (Å²) in [5, 5.41) is 3.31. The largest absolute Gasteiger partial charge is 0.492 e. The Kier molecular flexibility index (Phi) is 11.2. The van der Waals surface area contributed by atoms with Crippen molar-refractivity contribution in [3.05, 3.63) is 0 Å². The Hall–Kier alpha value is 0.0569. The van der Waals surface area contributed by atoms with E-state index in [0.717, 1.165) is 32.4 Å². The summed E-state index contributed by atoms with van der Waals surface area (Å²) in [5.41, 5.74) is 0. The molecule has 0 amide bonds. The van der Waals surface area contributed by atoms with Crippen LogP contribution in [0.3, 0.4) is 0 Å². The minimum Gasteiger partial charge on any atom is -0.390 e. The topological polar surface area (TPSA) is 72.7 Å². The van der Waals surface area contributed by atoms with Crippen LogP contribution < -0.4 is 5.32 Å². The number of rotatable bonds is 12. The maximum absolute atomic E-state index is 8.81. The van der Waals surface area contributed by atoms with Crippen LogP contribution in [-0.4, -0.2) is 36.3 Å². The van der Waals surface area contributed by atoms with Gasteiger partial charge in [-0.1, -0.05) is 45.4 Å². The number of nitrogens with one attached hydrogen (secondary N) is 1. The molecule has 0 saturated carbocycles. The molecule has 4 nitrogen and oxygen atoms in total. The molecule has 0 aromatic rings. The van der Waals surface area contributed by atoms with E-state index < -0.39 is 8.80 Å². The van der Waals surface area contributed by atoms with Crippen LogP contribution in [0.2, 0.25) is 6.04 Å². The zero-order chi connectivity index (χ0) is 13.0. The molecule has 0 aliphatic rings. The van der Waals surface area contributed by atoms with E-state index >= 15 is 0 Å². The summed E-state index contributed by atoms with van der Waals surface area (Å²) in [6.45, 7) is 4.32. The molecule has 0 unspecified atom stereocenters. The van der Waals surface area contributed by atoms with Crippen molar-refractivity contribution < 1.29 is 14.4 Å². The summed E-state index contributed by atoms with van der Waals surface area (Å²) in [6.07, 6.45) is 9.21. The normalized spacial score (nSPS) is 12.0. The van der Waals surface area contributed by atoms with Crippen molar-refractivity contribution >= 4 is 8.80 Å². The summed E-state index contributed by atoms with van der Waals surface area (Å²) in [7, 11) is -3.76. The average Bonchev–Trinajstić information content (AvgIpc) is 2.24. The molecule has 0 bridgehead atoms. The Labute approximate surface area is 106 Å². The molecule has 0 aromatic heterocycles. The SMILES string of the molecule is CCNCCCCCCCCCC[Si](O)(O)O. The highest BCUT2D eigenvalue weighted by atomic mass is 28.4. The Morgan fingerprint density at radius 3 is 1.71 bits per heavy atom. The third-order valence-corrected chi connectivity index (χ3v) is 3.89. The lowest BCUT2D eigenvalue weighted by molar-refractivity contribution is 0.226. The summed E-state index contributed by atoms with van der Waals surface area (Å²) in [5.74, 6) is 0. The van der Waals surface area contributed by atoms with Crippen molar-refractivity contribution in [2.45, 2.75) is 64.3 Å². The maximum atomic E-state index is 8.81. The van der Waals surface area contributed by atoms with E-state index in [2.05, 4.69) is 12.2 Å². The minimum absolute atomic E-state index is 0.190. The third kappa shape index (κ3) is 16.1. The third-order valence-electron chi connectivity index (χ3n) is 2.87. The highest BCUT2D eigenvalue weighted by molar-refractivity contribution is 6.56. The van der Waals surface area contributed by atoms with E-state index in [1.54, 1.807) is 0 Å². The zero-order valence-electron chi connectivity index (χ0n) is 11.1.